The molecule has 1 aromatic heterocycles. The van der Waals surface area contributed by atoms with Crippen LogP contribution < -0.4 is 5.43 Å². The van der Waals surface area contributed by atoms with Crippen molar-refractivity contribution >= 4 is 5.91 Å². The summed E-state index contributed by atoms with van der Waals surface area (Å²) in [7, 11) is 0. The molecule has 0 bridgehead atoms. The molecule has 1 saturated heterocycles. The average Bonchev–Trinajstić information content (AvgIpc) is 3.50. The SMILES string of the molecule is Cc1c(C(=O)NN2CCCCC2)cc(-c2cc(C(F)(F)F)cc(C(F)(F)F)c2)n1CC1CC1. The first-order chi connectivity index (χ1) is 15.4. The standard InChI is InChI=1S/C23H25F6N3O/c1-14-19(21(33)30-31-7-3-2-4-8-31)12-20(32(14)13-15-5-6-15)16-9-17(22(24,25)26)11-18(10-16)23(27,28)29/h9-12,15H,2-8,13H2,1H3,(H,30,33). The number of rotatable bonds is 5. The molecule has 180 valence electrons. The molecule has 2 aromatic rings. The second-order valence-electron chi connectivity index (χ2n) is 8.87. The van der Waals surface area contributed by atoms with Crippen LogP contribution in [-0.4, -0.2) is 28.6 Å². The molecular weight excluding hydrogens is 448 g/mol. The van der Waals surface area contributed by atoms with Crippen LogP contribution in [0.1, 0.15) is 59.3 Å². The van der Waals surface area contributed by atoms with Gasteiger partial charge in [-0.15, -0.1) is 0 Å². The van der Waals surface area contributed by atoms with Crippen LogP contribution in [0.3, 0.4) is 0 Å². The number of alkyl halides is 6. The van der Waals surface area contributed by atoms with E-state index >= 15 is 0 Å². The van der Waals surface area contributed by atoms with Gasteiger partial charge in [0.15, 0.2) is 0 Å². The molecule has 33 heavy (non-hydrogen) atoms. The smallest absolute Gasteiger partial charge is 0.344 e. The van der Waals surface area contributed by atoms with E-state index < -0.39 is 29.4 Å². The Labute approximate surface area is 187 Å². The van der Waals surface area contributed by atoms with Gasteiger partial charge in [-0.3, -0.25) is 10.2 Å². The molecule has 4 nitrogen and oxygen atoms in total. The molecule has 2 aliphatic rings. The number of hydrogen-bond donors (Lipinski definition) is 1. The van der Waals surface area contributed by atoms with Crippen molar-refractivity contribution in [2.75, 3.05) is 13.1 Å². The average molecular weight is 473 g/mol. The first kappa shape index (κ1) is 23.7. The van der Waals surface area contributed by atoms with Crippen molar-refractivity contribution < 1.29 is 31.1 Å². The summed E-state index contributed by atoms with van der Waals surface area (Å²) in [5.41, 5.74) is 0.833. The van der Waals surface area contributed by atoms with Gasteiger partial charge in [-0.25, -0.2) is 5.01 Å². The van der Waals surface area contributed by atoms with Crippen LogP contribution in [0.25, 0.3) is 11.3 Å². The van der Waals surface area contributed by atoms with Gasteiger partial charge in [0.2, 0.25) is 0 Å². The summed E-state index contributed by atoms with van der Waals surface area (Å²) in [6.07, 6.45) is -5.05. The van der Waals surface area contributed by atoms with Gasteiger partial charge < -0.3 is 4.57 Å². The van der Waals surface area contributed by atoms with Crippen LogP contribution in [0, 0.1) is 12.8 Å². The highest BCUT2D eigenvalue weighted by Gasteiger charge is 2.37. The molecule has 1 saturated carbocycles. The normalized spacial score (nSPS) is 17.9. The summed E-state index contributed by atoms with van der Waals surface area (Å²) in [6, 6.07) is 2.97. The maximum atomic E-state index is 13.4. The zero-order valence-electron chi connectivity index (χ0n) is 18.1. The number of aromatic nitrogens is 1. The second-order valence-corrected chi connectivity index (χ2v) is 8.87. The minimum Gasteiger partial charge on any atom is -0.344 e. The molecule has 1 amide bonds. The van der Waals surface area contributed by atoms with Gasteiger partial charge in [-0.1, -0.05) is 6.42 Å². The van der Waals surface area contributed by atoms with E-state index in [0.717, 1.165) is 44.2 Å². The van der Waals surface area contributed by atoms with Crippen LogP contribution in [0.5, 0.6) is 0 Å². The number of piperidine rings is 1. The Morgan fingerprint density at radius 2 is 1.52 bits per heavy atom. The molecule has 1 aliphatic heterocycles. The lowest BCUT2D eigenvalue weighted by atomic mass is 10.0. The number of amides is 1. The summed E-state index contributed by atoms with van der Waals surface area (Å²) < 4.78 is 82.1. The molecular formula is C23H25F6N3O. The molecule has 0 unspecified atom stereocenters. The maximum absolute atomic E-state index is 13.4. The van der Waals surface area contributed by atoms with E-state index in [-0.39, 0.29) is 22.9 Å². The molecule has 0 atom stereocenters. The fourth-order valence-electron chi connectivity index (χ4n) is 4.22. The van der Waals surface area contributed by atoms with Crippen molar-refractivity contribution in [3.05, 3.63) is 46.6 Å². The Morgan fingerprint density at radius 1 is 0.939 bits per heavy atom. The van der Waals surface area contributed by atoms with Crippen molar-refractivity contribution in [3.8, 4) is 11.3 Å². The Morgan fingerprint density at radius 3 is 2.03 bits per heavy atom. The Bertz CT molecular complexity index is 998. The molecule has 0 radical (unpaired) electrons. The van der Waals surface area contributed by atoms with Gasteiger partial charge in [0.25, 0.3) is 5.91 Å². The zero-order chi connectivity index (χ0) is 24.0. The number of benzene rings is 1. The summed E-state index contributed by atoms with van der Waals surface area (Å²) in [6.45, 7) is 3.51. The monoisotopic (exact) mass is 473 g/mol. The number of carbonyl (C=O) groups is 1. The van der Waals surface area contributed by atoms with E-state index in [1.54, 1.807) is 16.5 Å². The topological polar surface area (TPSA) is 37.3 Å². The Kier molecular flexibility index (Phi) is 6.24. The highest BCUT2D eigenvalue weighted by atomic mass is 19.4. The van der Waals surface area contributed by atoms with Crippen molar-refractivity contribution in [2.24, 2.45) is 5.92 Å². The quantitative estimate of drug-likeness (QED) is 0.538. The summed E-state index contributed by atoms with van der Waals surface area (Å²) in [4.78, 5) is 13.0. The number of halogens is 6. The first-order valence-corrected chi connectivity index (χ1v) is 11.0. The highest BCUT2D eigenvalue weighted by molar-refractivity contribution is 5.96. The lowest BCUT2D eigenvalue weighted by molar-refractivity contribution is -0.143. The minimum atomic E-state index is -4.94. The van der Waals surface area contributed by atoms with E-state index in [9.17, 15) is 31.1 Å². The van der Waals surface area contributed by atoms with E-state index in [2.05, 4.69) is 5.43 Å². The highest BCUT2D eigenvalue weighted by Crippen LogP contribution is 2.40. The lowest BCUT2D eigenvalue weighted by Crippen LogP contribution is -2.45. The molecule has 1 aliphatic carbocycles. The predicted molar refractivity (Wildman–Crippen MR) is 110 cm³/mol. The number of carbonyl (C=O) groups excluding carboxylic acids is 1. The second kappa shape index (κ2) is 8.70. The molecule has 0 spiro atoms. The number of hydrazine groups is 1. The third-order valence-corrected chi connectivity index (χ3v) is 6.25. The largest absolute Gasteiger partial charge is 0.416 e. The molecule has 2 fully saturated rings. The van der Waals surface area contributed by atoms with E-state index in [4.69, 9.17) is 0 Å². The number of nitrogens with one attached hydrogen (secondary N) is 1. The third-order valence-electron chi connectivity index (χ3n) is 6.25. The summed E-state index contributed by atoms with van der Waals surface area (Å²) >= 11 is 0. The fraction of sp³-hybridized carbons (Fsp3) is 0.522. The third kappa shape index (κ3) is 5.37. The van der Waals surface area contributed by atoms with Crippen LogP contribution >= 0.6 is 0 Å². The van der Waals surface area contributed by atoms with Crippen LogP contribution in [-0.2, 0) is 18.9 Å². The Balaban J connectivity index is 1.78. The Hall–Kier alpha value is -2.49. The van der Waals surface area contributed by atoms with Gasteiger partial charge in [-0.2, -0.15) is 26.3 Å². The van der Waals surface area contributed by atoms with Gasteiger partial charge in [0, 0.05) is 31.0 Å². The van der Waals surface area contributed by atoms with Crippen molar-refractivity contribution in [2.45, 2.75) is 57.9 Å². The molecule has 10 heteroatoms. The first-order valence-electron chi connectivity index (χ1n) is 11.0. The number of nitrogens with zero attached hydrogens (tertiary/aromatic N) is 2. The summed E-state index contributed by atoms with van der Waals surface area (Å²) in [5.74, 6) is -0.117. The molecule has 4 rings (SSSR count). The van der Waals surface area contributed by atoms with Gasteiger partial charge in [0.05, 0.1) is 16.7 Å². The number of hydrogen-bond acceptors (Lipinski definition) is 2. The summed E-state index contributed by atoms with van der Waals surface area (Å²) in [5, 5.41) is 1.80. The lowest BCUT2D eigenvalue weighted by Gasteiger charge is -2.26. The van der Waals surface area contributed by atoms with Gasteiger partial charge >= 0.3 is 12.4 Å². The molecule has 1 N–H and O–H groups in total. The predicted octanol–water partition coefficient (Wildman–Crippen LogP) is 6.04. The van der Waals surface area contributed by atoms with Crippen LogP contribution in [0.15, 0.2) is 24.3 Å². The molecule has 2 heterocycles. The van der Waals surface area contributed by atoms with Gasteiger partial charge in [-0.05, 0) is 68.4 Å². The van der Waals surface area contributed by atoms with Gasteiger partial charge in [0.1, 0.15) is 0 Å². The maximum Gasteiger partial charge on any atom is 0.416 e. The zero-order valence-corrected chi connectivity index (χ0v) is 18.1. The van der Waals surface area contributed by atoms with E-state index in [1.807, 2.05) is 0 Å². The fourth-order valence-corrected chi connectivity index (χ4v) is 4.22. The van der Waals surface area contributed by atoms with E-state index in [1.165, 1.54) is 6.07 Å². The minimum absolute atomic E-state index is 0.120. The van der Waals surface area contributed by atoms with Crippen LogP contribution in [0.4, 0.5) is 26.3 Å². The van der Waals surface area contributed by atoms with Crippen molar-refractivity contribution in [1.29, 1.82) is 0 Å². The van der Waals surface area contributed by atoms with Crippen LogP contribution in [0.2, 0.25) is 0 Å². The van der Waals surface area contributed by atoms with E-state index in [0.29, 0.717) is 31.2 Å². The van der Waals surface area contributed by atoms with Crippen molar-refractivity contribution in [3.63, 3.8) is 0 Å². The van der Waals surface area contributed by atoms with Crippen molar-refractivity contribution in [1.82, 2.24) is 15.0 Å². The molecule has 1 aromatic carbocycles.